The number of benzene rings is 1. The first-order valence-electron chi connectivity index (χ1n) is 6.25. The molecule has 0 spiro atoms. The number of aryl methyl sites for hydroxylation is 2. The van der Waals surface area contributed by atoms with Crippen LogP contribution in [0.25, 0.3) is 10.8 Å². The Hall–Kier alpha value is -1.69. The van der Waals surface area contributed by atoms with Gasteiger partial charge in [0.2, 0.25) is 0 Å². The van der Waals surface area contributed by atoms with Crippen molar-refractivity contribution in [1.82, 2.24) is 10.2 Å². The van der Waals surface area contributed by atoms with E-state index in [2.05, 4.69) is 26.1 Å². The number of aromatic nitrogens is 2. The quantitative estimate of drug-likeness (QED) is 0.689. The largest absolute Gasteiger partial charge is 0.462 e. The third kappa shape index (κ3) is 2.35. The predicted molar refractivity (Wildman–Crippen MR) is 80.4 cm³/mol. The molecule has 0 bridgehead atoms. The highest BCUT2D eigenvalue weighted by Crippen LogP contribution is 2.25. The van der Waals surface area contributed by atoms with Gasteiger partial charge in [-0.25, -0.2) is 9.89 Å². The topological polar surface area (TPSA) is 72.0 Å². The SMILES string of the molecule is CCOC(=O)c1c(C)cc2c(CBr)n[nH]c(=O)c2c1C. The van der Waals surface area contributed by atoms with Gasteiger partial charge in [-0.2, -0.15) is 5.10 Å². The van der Waals surface area contributed by atoms with Gasteiger partial charge in [-0.05, 0) is 38.0 Å². The van der Waals surface area contributed by atoms with Gasteiger partial charge in [-0.1, -0.05) is 15.9 Å². The van der Waals surface area contributed by atoms with Crippen LogP contribution in [0.3, 0.4) is 0 Å². The van der Waals surface area contributed by atoms with E-state index in [0.717, 1.165) is 16.6 Å². The molecule has 0 saturated carbocycles. The van der Waals surface area contributed by atoms with Crippen LogP contribution in [-0.4, -0.2) is 22.8 Å². The average molecular weight is 339 g/mol. The van der Waals surface area contributed by atoms with E-state index in [9.17, 15) is 9.59 Å². The van der Waals surface area contributed by atoms with Gasteiger partial charge in [0, 0.05) is 10.7 Å². The summed E-state index contributed by atoms with van der Waals surface area (Å²) in [7, 11) is 0. The van der Waals surface area contributed by atoms with Crippen molar-refractivity contribution in [3.63, 3.8) is 0 Å². The summed E-state index contributed by atoms with van der Waals surface area (Å²) in [6.07, 6.45) is 0. The molecule has 0 unspecified atom stereocenters. The van der Waals surface area contributed by atoms with Crippen molar-refractivity contribution >= 4 is 32.7 Å². The number of halogens is 1. The van der Waals surface area contributed by atoms with Crippen LogP contribution in [0.5, 0.6) is 0 Å². The zero-order chi connectivity index (χ0) is 14.9. The molecular formula is C14H15BrN2O3. The second-order valence-corrected chi connectivity index (χ2v) is 5.03. The van der Waals surface area contributed by atoms with E-state index in [0.29, 0.717) is 28.5 Å². The predicted octanol–water partition coefficient (Wildman–Crippen LogP) is 2.61. The minimum atomic E-state index is -0.402. The second-order valence-electron chi connectivity index (χ2n) is 4.47. The molecule has 0 saturated heterocycles. The Balaban J connectivity index is 2.85. The molecule has 2 rings (SSSR count). The van der Waals surface area contributed by atoms with Gasteiger partial charge in [0.05, 0.1) is 23.3 Å². The average Bonchev–Trinajstić information content (AvgIpc) is 2.39. The molecule has 1 heterocycles. The number of nitrogens with one attached hydrogen (secondary N) is 1. The van der Waals surface area contributed by atoms with E-state index in [1.165, 1.54) is 0 Å². The van der Waals surface area contributed by atoms with Gasteiger partial charge in [-0.3, -0.25) is 4.79 Å². The summed E-state index contributed by atoms with van der Waals surface area (Å²) >= 11 is 3.35. The third-order valence-corrected chi connectivity index (χ3v) is 3.74. The lowest BCUT2D eigenvalue weighted by Crippen LogP contribution is -2.16. The number of nitrogens with zero attached hydrogens (tertiary/aromatic N) is 1. The Morgan fingerprint density at radius 2 is 2.15 bits per heavy atom. The zero-order valence-corrected chi connectivity index (χ0v) is 13.1. The van der Waals surface area contributed by atoms with E-state index in [-0.39, 0.29) is 5.56 Å². The fraction of sp³-hybridized carbons (Fsp3) is 0.357. The normalized spacial score (nSPS) is 10.8. The van der Waals surface area contributed by atoms with Crippen molar-refractivity contribution in [3.05, 3.63) is 38.8 Å². The maximum absolute atomic E-state index is 12.0. The molecule has 0 aliphatic rings. The Morgan fingerprint density at radius 3 is 2.75 bits per heavy atom. The molecule has 0 aliphatic heterocycles. The molecule has 20 heavy (non-hydrogen) atoms. The Morgan fingerprint density at radius 1 is 1.45 bits per heavy atom. The number of hydrogen-bond acceptors (Lipinski definition) is 4. The van der Waals surface area contributed by atoms with E-state index in [1.54, 1.807) is 13.8 Å². The fourth-order valence-corrected chi connectivity index (χ4v) is 2.78. The molecule has 5 nitrogen and oxygen atoms in total. The molecule has 2 aromatic rings. The monoisotopic (exact) mass is 338 g/mol. The molecule has 0 amide bonds. The van der Waals surface area contributed by atoms with Crippen molar-refractivity contribution in [3.8, 4) is 0 Å². The van der Waals surface area contributed by atoms with Gasteiger partial charge in [0.1, 0.15) is 0 Å². The lowest BCUT2D eigenvalue weighted by Gasteiger charge is -2.12. The van der Waals surface area contributed by atoms with Crippen LogP contribution in [-0.2, 0) is 10.1 Å². The lowest BCUT2D eigenvalue weighted by atomic mass is 9.96. The Bertz CT molecular complexity index is 737. The van der Waals surface area contributed by atoms with Crippen molar-refractivity contribution in [1.29, 1.82) is 0 Å². The number of carbonyl (C=O) groups is 1. The standard InChI is InChI=1S/C14H15BrN2O3/c1-4-20-14(19)11-7(2)5-9-10(6-15)16-17-13(18)12(9)8(11)3/h5H,4,6H2,1-3H3,(H,17,18). The van der Waals surface area contributed by atoms with Gasteiger partial charge in [-0.15, -0.1) is 0 Å². The molecular weight excluding hydrogens is 324 g/mol. The number of carbonyl (C=O) groups excluding carboxylic acids is 1. The summed E-state index contributed by atoms with van der Waals surface area (Å²) in [5.74, 6) is -0.402. The lowest BCUT2D eigenvalue weighted by molar-refractivity contribution is 0.0525. The maximum atomic E-state index is 12.0. The summed E-state index contributed by atoms with van der Waals surface area (Å²) in [4.78, 5) is 24.1. The van der Waals surface area contributed by atoms with Crippen molar-refractivity contribution in [2.24, 2.45) is 0 Å². The number of alkyl halides is 1. The first-order chi connectivity index (χ1) is 9.51. The van der Waals surface area contributed by atoms with Crippen LogP contribution >= 0.6 is 15.9 Å². The first-order valence-corrected chi connectivity index (χ1v) is 7.38. The summed E-state index contributed by atoms with van der Waals surface area (Å²) in [5.41, 5.74) is 2.30. The molecule has 0 fully saturated rings. The van der Waals surface area contributed by atoms with Crippen molar-refractivity contribution < 1.29 is 9.53 Å². The third-order valence-electron chi connectivity index (χ3n) is 3.21. The van der Waals surface area contributed by atoms with E-state index in [1.807, 2.05) is 13.0 Å². The summed E-state index contributed by atoms with van der Waals surface area (Å²) in [5, 5.41) is 8.25. The highest BCUT2D eigenvalue weighted by atomic mass is 79.9. The highest BCUT2D eigenvalue weighted by Gasteiger charge is 2.19. The molecule has 1 N–H and O–H groups in total. The number of H-pyrrole nitrogens is 1. The molecule has 106 valence electrons. The molecule has 1 aromatic carbocycles. The summed E-state index contributed by atoms with van der Waals surface area (Å²) < 4.78 is 5.06. The number of rotatable bonds is 3. The number of ether oxygens (including phenoxy) is 1. The molecule has 0 aliphatic carbocycles. The summed E-state index contributed by atoms with van der Waals surface area (Å²) in [6, 6.07) is 1.81. The smallest absolute Gasteiger partial charge is 0.338 e. The molecule has 1 aromatic heterocycles. The van der Waals surface area contributed by atoms with Crippen LogP contribution in [0.1, 0.15) is 34.1 Å². The number of hydrogen-bond donors (Lipinski definition) is 1. The van der Waals surface area contributed by atoms with E-state index >= 15 is 0 Å². The van der Waals surface area contributed by atoms with Crippen molar-refractivity contribution in [2.75, 3.05) is 6.61 Å². The van der Waals surface area contributed by atoms with Gasteiger partial charge in [0.25, 0.3) is 5.56 Å². The van der Waals surface area contributed by atoms with Crippen LogP contribution in [0.4, 0.5) is 0 Å². The van der Waals surface area contributed by atoms with Crippen molar-refractivity contribution in [2.45, 2.75) is 26.1 Å². The van der Waals surface area contributed by atoms with Crippen LogP contribution < -0.4 is 5.56 Å². The fourth-order valence-electron chi connectivity index (χ4n) is 2.36. The molecule has 6 heteroatoms. The Kier molecular flexibility index (Phi) is 4.23. The highest BCUT2D eigenvalue weighted by molar-refractivity contribution is 9.08. The molecule has 0 radical (unpaired) electrons. The van der Waals surface area contributed by atoms with Gasteiger partial charge >= 0.3 is 5.97 Å². The van der Waals surface area contributed by atoms with E-state index < -0.39 is 5.97 Å². The Labute approximate surface area is 124 Å². The minimum Gasteiger partial charge on any atom is -0.462 e. The second kappa shape index (κ2) is 5.75. The number of aromatic amines is 1. The minimum absolute atomic E-state index is 0.298. The van der Waals surface area contributed by atoms with Gasteiger partial charge in [0.15, 0.2) is 0 Å². The zero-order valence-electron chi connectivity index (χ0n) is 11.5. The first kappa shape index (κ1) is 14.7. The van der Waals surface area contributed by atoms with Gasteiger partial charge < -0.3 is 4.74 Å². The van der Waals surface area contributed by atoms with E-state index in [4.69, 9.17) is 4.74 Å². The van der Waals surface area contributed by atoms with Crippen LogP contribution in [0.15, 0.2) is 10.9 Å². The molecule has 0 atom stereocenters. The maximum Gasteiger partial charge on any atom is 0.338 e. The number of fused-ring (bicyclic) bond motifs is 1. The summed E-state index contributed by atoms with van der Waals surface area (Å²) in [6.45, 7) is 5.64. The number of esters is 1. The van der Waals surface area contributed by atoms with Crippen LogP contribution in [0, 0.1) is 13.8 Å². The van der Waals surface area contributed by atoms with Crippen LogP contribution in [0.2, 0.25) is 0 Å².